The van der Waals surface area contributed by atoms with Crippen LogP contribution in [0.4, 0.5) is 0 Å². The van der Waals surface area contributed by atoms with E-state index in [1.165, 1.54) is 11.1 Å². The second kappa shape index (κ2) is 7.88. The monoisotopic (exact) mass is 511 g/mol. The molecule has 1 spiro atoms. The van der Waals surface area contributed by atoms with Crippen molar-refractivity contribution in [2.24, 2.45) is 16.7 Å². The maximum Gasteiger partial charge on any atom is 0.225 e. The summed E-state index contributed by atoms with van der Waals surface area (Å²) in [5.41, 5.74) is 0.585. The molecule has 0 radical (unpaired) electrons. The fourth-order valence-corrected chi connectivity index (χ4v) is 8.50. The first kappa shape index (κ1) is 25.5. The van der Waals surface area contributed by atoms with Crippen molar-refractivity contribution in [2.75, 3.05) is 20.8 Å². The lowest BCUT2D eigenvalue weighted by atomic mass is 9.40. The van der Waals surface area contributed by atoms with E-state index >= 15 is 0 Å². The highest BCUT2D eigenvalue weighted by Gasteiger charge is 2.75. The normalized spacial score (nSPS) is 37.5. The van der Waals surface area contributed by atoms with Crippen LogP contribution in [0.15, 0.2) is 12.1 Å². The van der Waals surface area contributed by atoms with Gasteiger partial charge in [0.15, 0.2) is 11.5 Å². The van der Waals surface area contributed by atoms with Gasteiger partial charge in [-0.1, -0.05) is 26.8 Å². The van der Waals surface area contributed by atoms with Crippen LogP contribution in [0.1, 0.15) is 90.7 Å². The van der Waals surface area contributed by atoms with E-state index < -0.39 is 11.2 Å². The molecule has 6 heteroatoms. The molecule has 6 rings (SSSR count). The third-order valence-corrected chi connectivity index (χ3v) is 11.6. The zero-order chi connectivity index (χ0) is 26.6. The Kier molecular flexibility index (Phi) is 5.43. The molecule has 2 saturated carbocycles. The zero-order valence-corrected chi connectivity index (χ0v) is 23.8. The summed E-state index contributed by atoms with van der Waals surface area (Å²) >= 11 is 0. The maximum absolute atomic E-state index is 13.7. The van der Waals surface area contributed by atoms with Crippen molar-refractivity contribution in [1.29, 1.82) is 0 Å². The number of nitrogens with zero attached hydrogens (tertiary/aromatic N) is 1. The van der Waals surface area contributed by atoms with E-state index in [2.05, 4.69) is 38.7 Å². The highest BCUT2D eigenvalue weighted by atomic mass is 16.6. The van der Waals surface area contributed by atoms with Crippen molar-refractivity contribution < 1.29 is 24.1 Å². The van der Waals surface area contributed by atoms with Gasteiger partial charge in [-0.05, 0) is 82.3 Å². The molecule has 2 aliphatic heterocycles. The predicted octanol–water partition coefficient (Wildman–Crippen LogP) is 5.02. The van der Waals surface area contributed by atoms with Gasteiger partial charge in [0, 0.05) is 42.0 Å². The van der Waals surface area contributed by atoms with Gasteiger partial charge in [-0.2, -0.15) is 0 Å². The molecule has 1 amide bonds. The summed E-state index contributed by atoms with van der Waals surface area (Å²) in [7, 11) is 3.53. The smallest absolute Gasteiger partial charge is 0.225 e. The first-order valence-corrected chi connectivity index (χ1v) is 14.3. The Morgan fingerprint density at radius 2 is 1.89 bits per heavy atom. The molecule has 0 aromatic heterocycles. The van der Waals surface area contributed by atoms with Crippen molar-refractivity contribution in [3.05, 3.63) is 23.3 Å². The second-order valence-corrected chi connectivity index (χ2v) is 14.1. The number of methoxy groups -OCH3 is 2. The van der Waals surface area contributed by atoms with E-state index in [0.29, 0.717) is 12.3 Å². The summed E-state index contributed by atoms with van der Waals surface area (Å²) in [5, 5.41) is 11.7. The first-order valence-electron chi connectivity index (χ1n) is 14.3. The molecule has 0 unspecified atom stereocenters. The topological polar surface area (TPSA) is 68.2 Å². The minimum Gasteiger partial charge on any atom is -0.493 e. The summed E-state index contributed by atoms with van der Waals surface area (Å²) in [6.45, 7) is 11.3. The van der Waals surface area contributed by atoms with Crippen LogP contribution in [-0.4, -0.2) is 60.0 Å². The second-order valence-electron chi connectivity index (χ2n) is 14.1. The minimum atomic E-state index is -0.827. The van der Waals surface area contributed by atoms with Crippen molar-refractivity contribution in [2.45, 2.75) is 115 Å². The molecule has 37 heavy (non-hydrogen) atoms. The molecular weight excluding hydrogens is 466 g/mol. The van der Waals surface area contributed by atoms with Crippen LogP contribution in [0.3, 0.4) is 0 Å². The largest absolute Gasteiger partial charge is 0.493 e. The van der Waals surface area contributed by atoms with Gasteiger partial charge in [0.1, 0.15) is 11.7 Å². The van der Waals surface area contributed by atoms with E-state index in [1.807, 2.05) is 20.1 Å². The van der Waals surface area contributed by atoms with Gasteiger partial charge in [-0.3, -0.25) is 4.79 Å². The average molecular weight is 512 g/mol. The van der Waals surface area contributed by atoms with Crippen molar-refractivity contribution in [3.63, 3.8) is 0 Å². The fourth-order valence-electron chi connectivity index (χ4n) is 8.50. The minimum absolute atomic E-state index is 0.101. The number of aliphatic hydroxyl groups is 1. The molecule has 6 atom stereocenters. The van der Waals surface area contributed by atoms with Crippen molar-refractivity contribution in [1.82, 2.24) is 4.90 Å². The van der Waals surface area contributed by atoms with Crippen LogP contribution in [-0.2, 0) is 21.4 Å². The van der Waals surface area contributed by atoms with Gasteiger partial charge in [-0.15, -0.1) is 0 Å². The lowest BCUT2D eigenvalue weighted by Gasteiger charge is -2.68. The highest BCUT2D eigenvalue weighted by molar-refractivity contribution is 5.82. The fraction of sp³-hybridized carbons (Fsp3) is 0.774. The lowest BCUT2D eigenvalue weighted by Crippen LogP contribution is -2.76. The van der Waals surface area contributed by atoms with E-state index in [9.17, 15) is 9.90 Å². The maximum atomic E-state index is 13.7. The number of carbonyl (C=O) groups is 1. The molecule has 1 saturated heterocycles. The molecule has 5 aliphatic rings. The molecule has 204 valence electrons. The Hall–Kier alpha value is -1.79. The van der Waals surface area contributed by atoms with Crippen LogP contribution >= 0.6 is 0 Å². The van der Waals surface area contributed by atoms with Crippen molar-refractivity contribution >= 4 is 5.91 Å². The zero-order valence-electron chi connectivity index (χ0n) is 23.8. The molecule has 2 bridgehead atoms. The Morgan fingerprint density at radius 3 is 2.51 bits per heavy atom. The quantitative estimate of drug-likeness (QED) is 0.581. The third-order valence-electron chi connectivity index (χ3n) is 11.6. The number of hydrogen-bond donors (Lipinski definition) is 1. The number of benzene rings is 1. The summed E-state index contributed by atoms with van der Waals surface area (Å²) < 4.78 is 19.1. The van der Waals surface area contributed by atoms with Gasteiger partial charge >= 0.3 is 0 Å². The number of ether oxygens (including phenoxy) is 3. The number of rotatable bonds is 6. The molecule has 1 aromatic carbocycles. The average Bonchev–Trinajstić information content (AvgIpc) is 3.63. The van der Waals surface area contributed by atoms with Gasteiger partial charge in [0.05, 0.1) is 12.7 Å². The SMILES string of the molecule is COc1ccc2c3c1O[C@@H]1[C@]34CCN(C(=O)C3CC3)[C@H](C2)[C@]4(CC[C@](C)(O)C(C)(C)C)CC[C@]1(C)OC. The van der Waals surface area contributed by atoms with Gasteiger partial charge < -0.3 is 24.2 Å². The van der Waals surface area contributed by atoms with Gasteiger partial charge in [0.25, 0.3) is 0 Å². The van der Waals surface area contributed by atoms with Gasteiger partial charge in [-0.25, -0.2) is 0 Å². The number of hydrogen-bond acceptors (Lipinski definition) is 5. The summed E-state index contributed by atoms with van der Waals surface area (Å²) in [4.78, 5) is 16.0. The van der Waals surface area contributed by atoms with Crippen molar-refractivity contribution in [3.8, 4) is 11.5 Å². The molecule has 3 fully saturated rings. The first-order chi connectivity index (χ1) is 17.4. The van der Waals surface area contributed by atoms with E-state index in [1.54, 1.807) is 7.11 Å². The number of likely N-dealkylation sites (tertiary alicyclic amines) is 1. The van der Waals surface area contributed by atoms with Crippen LogP contribution in [0.2, 0.25) is 0 Å². The van der Waals surface area contributed by atoms with E-state index in [0.717, 1.165) is 63.0 Å². The van der Waals surface area contributed by atoms with E-state index in [-0.39, 0.29) is 34.3 Å². The van der Waals surface area contributed by atoms with Gasteiger partial charge in [0.2, 0.25) is 5.91 Å². The number of piperidine rings is 1. The summed E-state index contributed by atoms with van der Waals surface area (Å²) in [6, 6.07) is 4.34. The molecule has 3 aliphatic carbocycles. The predicted molar refractivity (Wildman–Crippen MR) is 142 cm³/mol. The summed E-state index contributed by atoms with van der Waals surface area (Å²) in [5.74, 6) is 2.20. The van der Waals surface area contributed by atoms with Crippen LogP contribution in [0.25, 0.3) is 0 Å². The van der Waals surface area contributed by atoms with E-state index in [4.69, 9.17) is 14.2 Å². The summed E-state index contributed by atoms with van der Waals surface area (Å²) in [6.07, 6.45) is 6.92. The highest BCUT2D eigenvalue weighted by Crippen LogP contribution is 2.72. The Balaban J connectivity index is 1.56. The Bertz CT molecular complexity index is 1120. The lowest BCUT2D eigenvalue weighted by molar-refractivity contribution is -0.211. The number of carbonyl (C=O) groups excluding carboxylic acids is 1. The Morgan fingerprint density at radius 1 is 1.16 bits per heavy atom. The Labute approximate surface area is 222 Å². The van der Waals surface area contributed by atoms with Crippen LogP contribution < -0.4 is 9.47 Å². The molecular formula is C31H45NO5. The number of amides is 1. The molecule has 1 aromatic rings. The molecule has 2 heterocycles. The van der Waals surface area contributed by atoms with Crippen LogP contribution in [0.5, 0.6) is 11.5 Å². The van der Waals surface area contributed by atoms with Crippen LogP contribution in [0, 0.1) is 16.7 Å². The molecule has 6 nitrogen and oxygen atoms in total. The standard InChI is InChI=1S/C31H45NO5/c1-27(2,3)29(5,34)13-15-30-14-12-28(4,36-7)26-31(30)16-17-32(25(33)19-8-9-19)22(30)18-20-10-11-21(35-6)24(37-26)23(20)31/h10-11,19,22,26,34H,8-9,12-18H2,1-7H3/t22-,26+,28+,29+,30-,31+/m1/s1. The molecule has 1 N–H and O–H groups in total. The third kappa shape index (κ3) is 3.21.